The Morgan fingerprint density at radius 2 is 1.81 bits per heavy atom. The van der Waals surface area contributed by atoms with Crippen LogP contribution >= 0.6 is 31.9 Å². The lowest BCUT2D eigenvalue weighted by Gasteiger charge is -2.20. The molecule has 0 atom stereocenters. The maximum Gasteiger partial charge on any atom is 0.262 e. The van der Waals surface area contributed by atoms with Crippen molar-refractivity contribution in [3.63, 3.8) is 0 Å². The zero-order valence-corrected chi connectivity index (χ0v) is 18.8. The van der Waals surface area contributed by atoms with Crippen molar-refractivity contribution in [1.82, 2.24) is 0 Å². The van der Waals surface area contributed by atoms with Crippen LogP contribution in [0.1, 0.15) is 45.2 Å². The van der Waals surface area contributed by atoms with Crippen LogP contribution in [0.5, 0.6) is 5.75 Å². The van der Waals surface area contributed by atoms with Gasteiger partial charge in [0.2, 0.25) is 0 Å². The first-order chi connectivity index (χ1) is 12.2. The number of carbonyl (C=O) groups is 1. The molecule has 140 valence electrons. The highest BCUT2D eigenvalue weighted by molar-refractivity contribution is 9.11. The van der Waals surface area contributed by atoms with Gasteiger partial charge in [-0.2, -0.15) is 0 Å². The summed E-state index contributed by atoms with van der Waals surface area (Å²) in [4.78, 5) is 12.2. The van der Waals surface area contributed by atoms with E-state index in [-0.39, 0.29) is 17.9 Å². The second kappa shape index (κ2) is 9.05. The lowest BCUT2D eigenvalue weighted by Crippen LogP contribution is -2.21. The van der Waals surface area contributed by atoms with Crippen molar-refractivity contribution in [3.8, 4) is 5.75 Å². The lowest BCUT2D eigenvalue weighted by molar-refractivity contribution is -0.118. The van der Waals surface area contributed by atoms with Crippen LogP contribution in [-0.2, 0) is 16.6 Å². The molecule has 0 aromatic heterocycles. The average molecular weight is 483 g/mol. The molecule has 1 amide bonds. The molecule has 0 saturated heterocycles. The first kappa shape index (κ1) is 21.0. The van der Waals surface area contributed by atoms with E-state index in [4.69, 9.17) is 4.74 Å². The third-order valence-electron chi connectivity index (χ3n) is 4.00. The van der Waals surface area contributed by atoms with Crippen LogP contribution in [0.25, 0.3) is 0 Å². The van der Waals surface area contributed by atoms with Gasteiger partial charge in [-0.15, -0.1) is 0 Å². The fourth-order valence-electron chi connectivity index (χ4n) is 2.52. The van der Waals surface area contributed by atoms with Gasteiger partial charge >= 0.3 is 0 Å². The van der Waals surface area contributed by atoms with Gasteiger partial charge in [0.1, 0.15) is 5.75 Å². The SMILES string of the molecule is CCCc1ccc(OCC(=O)Nc2ccc(C(C)(C)C)cc2Br)c(Br)c1. The molecule has 0 heterocycles. The minimum atomic E-state index is -0.196. The number of anilines is 1. The van der Waals surface area contributed by atoms with Crippen LogP contribution in [0, 0.1) is 0 Å². The number of benzene rings is 2. The molecule has 1 N–H and O–H groups in total. The maximum absolute atomic E-state index is 12.2. The number of hydrogen-bond donors (Lipinski definition) is 1. The van der Waals surface area contributed by atoms with Gasteiger partial charge in [0.15, 0.2) is 6.61 Å². The van der Waals surface area contributed by atoms with Gasteiger partial charge in [0.05, 0.1) is 10.2 Å². The first-order valence-electron chi connectivity index (χ1n) is 8.72. The Bertz CT molecular complexity index is 782. The van der Waals surface area contributed by atoms with E-state index in [0.29, 0.717) is 5.75 Å². The fraction of sp³-hybridized carbons (Fsp3) is 0.381. The summed E-state index contributed by atoms with van der Waals surface area (Å²) in [6.07, 6.45) is 2.12. The number of aryl methyl sites for hydroxylation is 1. The van der Waals surface area contributed by atoms with Gasteiger partial charge in [-0.1, -0.05) is 46.2 Å². The highest BCUT2D eigenvalue weighted by atomic mass is 79.9. The van der Waals surface area contributed by atoms with E-state index in [9.17, 15) is 4.79 Å². The standard InChI is InChI=1S/C21H25Br2NO2/c1-5-6-14-7-10-19(17(23)11-14)26-13-20(25)24-18-9-8-15(12-16(18)22)21(2,3)4/h7-12H,5-6,13H2,1-4H3,(H,24,25). The molecule has 2 aromatic carbocycles. The van der Waals surface area contributed by atoms with Crippen molar-refractivity contribution in [1.29, 1.82) is 0 Å². The quantitative estimate of drug-likeness (QED) is 0.511. The van der Waals surface area contributed by atoms with Crippen LogP contribution in [0.15, 0.2) is 45.3 Å². The number of rotatable bonds is 6. The van der Waals surface area contributed by atoms with E-state index in [1.807, 2.05) is 36.4 Å². The summed E-state index contributed by atoms with van der Waals surface area (Å²) >= 11 is 7.04. The Labute approximate surface area is 172 Å². The molecule has 0 saturated carbocycles. The van der Waals surface area contributed by atoms with Crippen LogP contribution in [0.2, 0.25) is 0 Å². The van der Waals surface area contributed by atoms with E-state index >= 15 is 0 Å². The van der Waals surface area contributed by atoms with Gasteiger partial charge in [0, 0.05) is 4.47 Å². The van der Waals surface area contributed by atoms with Gasteiger partial charge in [0.25, 0.3) is 5.91 Å². The molecule has 0 aliphatic carbocycles. The predicted octanol–water partition coefficient (Wildman–Crippen LogP) is 6.48. The molecule has 26 heavy (non-hydrogen) atoms. The van der Waals surface area contributed by atoms with E-state index < -0.39 is 0 Å². The van der Waals surface area contributed by atoms with Gasteiger partial charge in [-0.05, 0) is 79.1 Å². The first-order valence-corrected chi connectivity index (χ1v) is 10.3. The van der Waals surface area contributed by atoms with Crippen molar-refractivity contribution >= 4 is 43.5 Å². The number of hydrogen-bond acceptors (Lipinski definition) is 2. The van der Waals surface area contributed by atoms with E-state index in [1.165, 1.54) is 11.1 Å². The molecule has 0 aliphatic rings. The Balaban J connectivity index is 1.97. The number of halogens is 2. The van der Waals surface area contributed by atoms with Crippen molar-refractivity contribution in [2.75, 3.05) is 11.9 Å². The zero-order valence-electron chi connectivity index (χ0n) is 15.7. The van der Waals surface area contributed by atoms with Crippen molar-refractivity contribution in [2.45, 2.75) is 46.0 Å². The van der Waals surface area contributed by atoms with E-state index in [2.05, 4.69) is 64.9 Å². The third-order valence-corrected chi connectivity index (χ3v) is 5.28. The van der Waals surface area contributed by atoms with Crippen LogP contribution in [0.4, 0.5) is 5.69 Å². The van der Waals surface area contributed by atoms with Crippen molar-refractivity contribution in [2.24, 2.45) is 0 Å². The van der Waals surface area contributed by atoms with Gasteiger partial charge in [-0.25, -0.2) is 0 Å². The molecule has 0 spiro atoms. The number of ether oxygens (including phenoxy) is 1. The smallest absolute Gasteiger partial charge is 0.262 e. The minimum Gasteiger partial charge on any atom is -0.483 e. The Kier molecular flexibility index (Phi) is 7.30. The number of nitrogens with one attached hydrogen (secondary N) is 1. The number of carbonyl (C=O) groups excluding carboxylic acids is 1. The Morgan fingerprint density at radius 3 is 2.38 bits per heavy atom. The number of amides is 1. The molecule has 0 aliphatic heterocycles. The second-order valence-electron chi connectivity index (χ2n) is 7.30. The summed E-state index contributed by atoms with van der Waals surface area (Å²) in [5.74, 6) is 0.473. The minimum absolute atomic E-state index is 0.0425. The molecule has 0 unspecified atom stereocenters. The lowest BCUT2D eigenvalue weighted by atomic mass is 9.87. The largest absolute Gasteiger partial charge is 0.483 e. The summed E-state index contributed by atoms with van der Waals surface area (Å²) in [6.45, 7) is 8.58. The molecule has 5 heteroatoms. The van der Waals surface area contributed by atoms with E-state index in [0.717, 1.165) is 27.5 Å². The summed E-state index contributed by atoms with van der Waals surface area (Å²) in [5.41, 5.74) is 3.25. The monoisotopic (exact) mass is 481 g/mol. The molecular weight excluding hydrogens is 458 g/mol. The van der Waals surface area contributed by atoms with Gasteiger partial charge < -0.3 is 10.1 Å². The molecule has 0 bridgehead atoms. The summed E-state index contributed by atoms with van der Waals surface area (Å²) in [6, 6.07) is 12.0. The van der Waals surface area contributed by atoms with E-state index in [1.54, 1.807) is 0 Å². The highest BCUT2D eigenvalue weighted by Crippen LogP contribution is 2.30. The summed E-state index contributed by atoms with van der Waals surface area (Å²) in [7, 11) is 0. The molecule has 2 rings (SSSR count). The highest BCUT2D eigenvalue weighted by Gasteiger charge is 2.16. The topological polar surface area (TPSA) is 38.3 Å². The van der Waals surface area contributed by atoms with Crippen LogP contribution < -0.4 is 10.1 Å². The zero-order chi connectivity index (χ0) is 19.3. The molecular formula is C21H25Br2NO2. The van der Waals surface area contributed by atoms with Gasteiger partial charge in [-0.3, -0.25) is 4.79 Å². The van der Waals surface area contributed by atoms with Crippen LogP contribution in [0.3, 0.4) is 0 Å². The Morgan fingerprint density at radius 1 is 1.08 bits per heavy atom. The normalized spacial score (nSPS) is 11.3. The average Bonchev–Trinajstić information content (AvgIpc) is 2.55. The fourth-order valence-corrected chi connectivity index (χ4v) is 3.54. The van der Waals surface area contributed by atoms with Crippen LogP contribution in [-0.4, -0.2) is 12.5 Å². The Hall–Kier alpha value is -1.33. The molecule has 2 aromatic rings. The second-order valence-corrected chi connectivity index (χ2v) is 9.00. The predicted molar refractivity (Wildman–Crippen MR) is 115 cm³/mol. The maximum atomic E-state index is 12.2. The third kappa shape index (κ3) is 5.85. The summed E-state index contributed by atoms with van der Waals surface area (Å²) in [5, 5.41) is 2.88. The molecule has 0 fully saturated rings. The summed E-state index contributed by atoms with van der Waals surface area (Å²) < 4.78 is 7.38. The van der Waals surface area contributed by atoms with Crippen molar-refractivity contribution < 1.29 is 9.53 Å². The van der Waals surface area contributed by atoms with Crippen molar-refractivity contribution in [3.05, 3.63) is 56.5 Å². The molecule has 0 radical (unpaired) electrons. The molecule has 3 nitrogen and oxygen atoms in total.